The molecule has 4 nitrogen and oxygen atoms in total. The van der Waals surface area contributed by atoms with E-state index < -0.39 is 46.8 Å². The van der Waals surface area contributed by atoms with E-state index in [0.717, 1.165) is 29.8 Å². The molecule has 36 heavy (non-hydrogen) atoms. The Labute approximate surface area is 204 Å². The molecule has 3 aromatic carbocycles. The van der Waals surface area contributed by atoms with Crippen molar-refractivity contribution in [3.8, 4) is 12.1 Å². The summed E-state index contributed by atoms with van der Waals surface area (Å²) < 4.78 is 54.4. The van der Waals surface area contributed by atoms with Crippen molar-refractivity contribution in [1.29, 1.82) is 10.5 Å². The Kier molecular flexibility index (Phi) is 5.41. The first kappa shape index (κ1) is 23.3. The number of benzene rings is 3. The van der Waals surface area contributed by atoms with Gasteiger partial charge in [0, 0.05) is 17.2 Å². The van der Waals surface area contributed by atoms with Crippen molar-refractivity contribution in [1.82, 2.24) is 0 Å². The first-order valence-electron chi connectivity index (χ1n) is 11.1. The lowest BCUT2D eigenvalue weighted by molar-refractivity contribution is -0.137. The molecule has 1 fully saturated rings. The Morgan fingerprint density at radius 3 is 2.31 bits per heavy atom. The van der Waals surface area contributed by atoms with Crippen LogP contribution in [-0.2, 0) is 6.18 Å². The highest BCUT2D eigenvalue weighted by molar-refractivity contribution is 6.04. The number of anilines is 1. The average Bonchev–Trinajstić information content (AvgIpc) is 3.19. The van der Waals surface area contributed by atoms with E-state index in [-0.39, 0.29) is 11.1 Å². The fourth-order valence-electron chi connectivity index (χ4n) is 5.30. The van der Waals surface area contributed by atoms with Crippen molar-refractivity contribution in [2.24, 2.45) is 5.41 Å². The lowest BCUT2D eigenvalue weighted by atomic mass is 9.69. The van der Waals surface area contributed by atoms with Gasteiger partial charge in [0.2, 0.25) is 0 Å². The van der Waals surface area contributed by atoms with Crippen LogP contribution in [0.25, 0.3) is 6.08 Å². The van der Waals surface area contributed by atoms with Crippen LogP contribution >= 0.6 is 0 Å². The standard InChI is InChI=1S/C28H17F4N3O/c29-21-11-8-18(9-12-21)26(36)25-24(19-5-3-6-20(14-19)28(30,31)32)27(15-33,16-34)23-13-10-17-4-1-2-7-22(17)35(23)25/h1-14,23-25H/t23-,24-,25+/m1/s1. The zero-order chi connectivity index (χ0) is 25.7. The highest BCUT2D eigenvalue weighted by Gasteiger charge is 2.63. The minimum absolute atomic E-state index is 0.0497. The Bertz CT molecular complexity index is 1450. The van der Waals surface area contributed by atoms with E-state index in [1.54, 1.807) is 41.3 Å². The third-order valence-corrected chi connectivity index (χ3v) is 6.89. The molecule has 8 heteroatoms. The van der Waals surface area contributed by atoms with Crippen LogP contribution in [0.15, 0.2) is 78.9 Å². The summed E-state index contributed by atoms with van der Waals surface area (Å²) in [4.78, 5) is 15.6. The largest absolute Gasteiger partial charge is 0.416 e. The summed E-state index contributed by atoms with van der Waals surface area (Å²) in [5.74, 6) is -2.31. The summed E-state index contributed by atoms with van der Waals surface area (Å²) in [5, 5.41) is 20.7. The summed E-state index contributed by atoms with van der Waals surface area (Å²) >= 11 is 0. The molecule has 1 saturated heterocycles. The van der Waals surface area contributed by atoms with Gasteiger partial charge >= 0.3 is 6.18 Å². The number of nitriles is 2. The number of fused-ring (bicyclic) bond motifs is 3. The van der Waals surface area contributed by atoms with Crippen molar-refractivity contribution in [2.45, 2.75) is 24.2 Å². The number of rotatable bonds is 3. The Balaban J connectivity index is 1.79. The van der Waals surface area contributed by atoms with Gasteiger partial charge in [0.05, 0.1) is 23.7 Å². The zero-order valence-corrected chi connectivity index (χ0v) is 18.6. The summed E-state index contributed by atoms with van der Waals surface area (Å²) in [6, 6.07) is 18.3. The van der Waals surface area contributed by atoms with E-state index in [4.69, 9.17) is 0 Å². The van der Waals surface area contributed by atoms with Crippen LogP contribution in [-0.4, -0.2) is 17.9 Å². The molecule has 2 heterocycles. The van der Waals surface area contributed by atoms with Crippen molar-refractivity contribution < 1.29 is 22.4 Å². The molecule has 178 valence electrons. The van der Waals surface area contributed by atoms with E-state index in [0.29, 0.717) is 5.69 Å². The fourth-order valence-corrected chi connectivity index (χ4v) is 5.30. The smallest absolute Gasteiger partial charge is 0.351 e. The molecule has 5 rings (SSSR count). The minimum atomic E-state index is -4.66. The summed E-state index contributed by atoms with van der Waals surface area (Å²) in [6.45, 7) is 0. The molecule has 0 saturated carbocycles. The number of hydrogen-bond acceptors (Lipinski definition) is 4. The van der Waals surface area contributed by atoms with Crippen LogP contribution in [0.4, 0.5) is 23.2 Å². The minimum Gasteiger partial charge on any atom is -0.351 e. The van der Waals surface area contributed by atoms with Gasteiger partial charge in [-0.05, 0) is 47.5 Å². The predicted octanol–water partition coefficient (Wildman–Crippen LogP) is 6.13. The zero-order valence-electron chi connectivity index (χ0n) is 18.6. The SMILES string of the molecule is N#CC1(C#N)[C@H](c2cccc(C(F)(F)F)c2)[C@@H](C(=O)c2ccc(F)cc2)N2c3ccccc3C=C[C@@H]21. The monoisotopic (exact) mass is 487 g/mol. The number of hydrogen-bond donors (Lipinski definition) is 0. The molecule has 2 aliphatic rings. The molecule has 0 radical (unpaired) electrons. The average molecular weight is 487 g/mol. The number of halogens is 4. The van der Waals surface area contributed by atoms with Crippen molar-refractivity contribution in [3.05, 3.63) is 107 Å². The number of ketones is 1. The van der Waals surface area contributed by atoms with Gasteiger partial charge < -0.3 is 4.90 Å². The Morgan fingerprint density at radius 2 is 1.64 bits per heavy atom. The van der Waals surface area contributed by atoms with Crippen LogP contribution in [0.5, 0.6) is 0 Å². The number of alkyl halides is 3. The van der Waals surface area contributed by atoms with Gasteiger partial charge in [0.1, 0.15) is 11.9 Å². The van der Waals surface area contributed by atoms with Crippen LogP contribution in [0.1, 0.15) is 33.0 Å². The third-order valence-electron chi connectivity index (χ3n) is 6.89. The second-order valence-electron chi connectivity index (χ2n) is 8.78. The molecular weight excluding hydrogens is 470 g/mol. The normalized spacial score (nSPS) is 21.7. The quantitative estimate of drug-likeness (QED) is 0.329. The number of carbonyl (C=O) groups is 1. The topological polar surface area (TPSA) is 67.9 Å². The molecule has 0 aliphatic carbocycles. The number of carbonyl (C=O) groups excluding carboxylic acids is 1. The number of para-hydroxylation sites is 1. The van der Waals surface area contributed by atoms with Gasteiger partial charge in [-0.1, -0.05) is 48.6 Å². The van der Waals surface area contributed by atoms with Gasteiger partial charge in [-0.2, -0.15) is 23.7 Å². The van der Waals surface area contributed by atoms with Crippen LogP contribution < -0.4 is 4.90 Å². The highest BCUT2D eigenvalue weighted by Crippen LogP contribution is 2.55. The molecule has 2 aliphatic heterocycles. The van der Waals surface area contributed by atoms with Crippen LogP contribution in [0, 0.1) is 33.9 Å². The molecule has 0 spiro atoms. The van der Waals surface area contributed by atoms with Gasteiger partial charge in [0.15, 0.2) is 11.2 Å². The van der Waals surface area contributed by atoms with Gasteiger partial charge in [0.25, 0.3) is 0 Å². The second-order valence-corrected chi connectivity index (χ2v) is 8.78. The first-order chi connectivity index (χ1) is 17.2. The van der Waals surface area contributed by atoms with E-state index in [9.17, 15) is 32.9 Å². The molecule has 0 bridgehead atoms. The van der Waals surface area contributed by atoms with Crippen molar-refractivity contribution >= 4 is 17.5 Å². The second kappa shape index (κ2) is 8.35. The molecule has 0 unspecified atom stereocenters. The van der Waals surface area contributed by atoms with E-state index in [2.05, 4.69) is 12.1 Å². The van der Waals surface area contributed by atoms with Crippen LogP contribution in [0.2, 0.25) is 0 Å². The number of nitrogens with zero attached hydrogens (tertiary/aromatic N) is 3. The third kappa shape index (κ3) is 3.46. The van der Waals surface area contributed by atoms with Gasteiger partial charge in [-0.3, -0.25) is 4.79 Å². The molecule has 0 N–H and O–H groups in total. The predicted molar refractivity (Wildman–Crippen MR) is 124 cm³/mol. The molecule has 3 atom stereocenters. The molecular formula is C28H17F4N3O. The lowest BCUT2D eigenvalue weighted by Gasteiger charge is -2.35. The maximum Gasteiger partial charge on any atom is 0.416 e. The fraction of sp³-hybridized carbons (Fsp3) is 0.179. The lowest BCUT2D eigenvalue weighted by Crippen LogP contribution is -2.44. The van der Waals surface area contributed by atoms with Crippen molar-refractivity contribution in [2.75, 3.05) is 4.90 Å². The summed E-state index contributed by atoms with van der Waals surface area (Å²) in [5.41, 5.74) is -1.34. The van der Waals surface area contributed by atoms with Crippen molar-refractivity contribution in [3.63, 3.8) is 0 Å². The number of Topliss-reactive ketones (excluding diaryl/α,β-unsaturated/α-hetero) is 1. The van der Waals surface area contributed by atoms with E-state index in [1.807, 2.05) is 0 Å². The van der Waals surface area contributed by atoms with Crippen LogP contribution in [0.3, 0.4) is 0 Å². The highest BCUT2D eigenvalue weighted by atomic mass is 19.4. The van der Waals surface area contributed by atoms with Gasteiger partial charge in [-0.15, -0.1) is 0 Å². The maximum atomic E-state index is 14.0. The summed E-state index contributed by atoms with van der Waals surface area (Å²) in [7, 11) is 0. The van der Waals surface area contributed by atoms with Gasteiger partial charge in [-0.25, -0.2) is 4.39 Å². The van der Waals surface area contributed by atoms with E-state index >= 15 is 0 Å². The molecule has 0 amide bonds. The summed E-state index contributed by atoms with van der Waals surface area (Å²) in [6.07, 6.45) is -1.27. The Morgan fingerprint density at radius 1 is 0.944 bits per heavy atom. The first-order valence-corrected chi connectivity index (χ1v) is 11.1. The Hall–Kier alpha value is -4.43. The van der Waals surface area contributed by atoms with E-state index in [1.165, 1.54) is 24.3 Å². The molecule has 3 aromatic rings. The molecule has 0 aromatic heterocycles. The maximum absolute atomic E-state index is 14.0.